The first kappa shape index (κ1) is 13.4. The van der Waals surface area contributed by atoms with Gasteiger partial charge in [-0.25, -0.2) is 0 Å². The molecule has 98 valence electrons. The molecule has 5 heteroatoms. The molecule has 4 nitrogen and oxygen atoms in total. The standard InChI is InChI=1S/C14H12BrNO3/c15-10-3-1-2-9(6-10)8-16-14(19)12-5-4-11(17)7-13(12)18/h1-7,17-18H,8H2,(H,16,19). The van der Waals surface area contributed by atoms with Gasteiger partial charge in [-0.05, 0) is 29.8 Å². The molecule has 0 bridgehead atoms. The van der Waals surface area contributed by atoms with E-state index in [9.17, 15) is 9.90 Å². The Bertz CT molecular complexity index is 613. The summed E-state index contributed by atoms with van der Waals surface area (Å²) in [6, 6.07) is 11.4. The van der Waals surface area contributed by atoms with Gasteiger partial charge in [-0.1, -0.05) is 28.1 Å². The van der Waals surface area contributed by atoms with Crippen molar-refractivity contribution in [2.24, 2.45) is 0 Å². The second-order valence-electron chi connectivity index (χ2n) is 4.01. The average molecular weight is 322 g/mol. The highest BCUT2D eigenvalue weighted by Gasteiger charge is 2.11. The van der Waals surface area contributed by atoms with E-state index in [1.54, 1.807) is 0 Å². The first-order valence-corrected chi connectivity index (χ1v) is 6.40. The van der Waals surface area contributed by atoms with E-state index < -0.39 is 5.91 Å². The third kappa shape index (κ3) is 3.48. The number of carbonyl (C=O) groups is 1. The molecule has 0 spiro atoms. The number of phenols is 2. The molecule has 0 atom stereocenters. The fourth-order valence-corrected chi connectivity index (χ4v) is 2.08. The van der Waals surface area contributed by atoms with Gasteiger partial charge >= 0.3 is 0 Å². The number of phenolic OH excluding ortho intramolecular Hbond substituents is 2. The van der Waals surface area contributed by atoms with E-state index in [1.807, 2.05) is 24.3 Å². The van der Waals surface area contributed by atoms with E-state index in [4.69, 9.17) is 5.11 Å². The minimum Gasteiger partial charge on any atom is -0.508 e. The Kier molecular flexibility index (Phi) is 4.06. The third-order valence-corrected chi connectivity index (χ3v) is 3.06. The highest BCUT2D eigenvalue weighted by Crippen LogP contribution is 2.22. The van der Waals surface area contributed by atoms with Gasteiger partial charge in [0.2, 0.25) is 0 Å². The first-order valence-electron chi connectivity index (χ1n) is 5.61. The fourth-order valence-electron chi connectivity index (χ4n) is 1.64. The van der Waals surface area contributed by atoms with Crippen molar-refractivity contribution >= 4 is 21.8 Å². The number of hydrogen-bond acceptors (Lipinski definition) is 3. The number of hydrogen-bond donors (Lipinski definition) is 3. The summed E-state index contributed by atoms with van der Waals surface area (Å²) in [5.41, 5.74) is 1.08. The summed E-state index contributed by atoms with van der Waals surface area (Å²) in [5, 5.41) is 21.4. The number of nitrogens with one attached hydrogen (secondary N) is 1. The maximum absolute atomic E-state index is 11.9. The number of halogens is 1. The molecule has 3 N–H and O–H groups in total. The van der Waals surface area contributed by atoms with E-state index in [0.29, 0.717) is 6.54 Å². The van der Waals surface area contributed by atoms with Crippen LogP contribution in [0.25, 0.3) is 0 Å². The van der Waals surface area contributed by atoms with Crippen LogP contribution >= 0.6 is 15.9 Å². The largest absolute Gasteiger partial charge is 0.508 e. The van der Waals surface area contributed by atoms with Gasteiger partial charge in [-0.3, -0.25) is 4.79 Å². The quantitative estimate of drug-likeness (QED) is 0.814. The van der Waals surface area contributed by atoms with Gasteiger partial charge in [0.1, 0.15) is 11.5 Å². The minimum atomic E-state index is -0.391. The predicted molar refractivity (Wildman–Crippen MR) is 75.1 cm³/mol. The summed E-state index contributed by atoms with van der Waals surface area (Å²) < 4.78 is 0.937. The van der Waals surface area contributed by atoms with Crippen LogP contribution < -0.4 is 5.32 Å². The van der Waals surface area contributed by atoms with E-state index in [2.05, 4.69) is 21.2 Å². The molecule has 0 aromatic heterocycles. The van der Waals surface area contributed by atoms with Crippen molar-refractivity contribution in [3.05, 3.63) is 58.1 Å². The predicted octanol–water partition coefficient (Wildman–Crippen LogP) is 2.79. The monoisotopic (exact) mass is 321 g/mol. The van der Waals surface area contributed by atoms with Crippen molar-refractivity contribution in [1.29, 1.82) is 0 Å². The molecule has 0 saturated carbocycles. The van der Waals surface area contributed by atoms with Gasteiger partial charge in [0.25, 0.3) is 5.91 Å². The topological polar surface area (TPSA) is 69.6 Å². The molecule has 0 fully saturated rings. The molecular weight excluding hydrogens is 310 g/mol. The summed E-state index contributed by atoms with van der Waals surface area (Å²) in [7, 11) is 0. The van der Waals surface area contributed by atoms with Crippen LogP contribution in [-0.2, 0) is 6.54 Å². The van der Waals surface area contributed by atoms with Crippen LogP contribution in [0.5, 0.6) is 11.5 Å². The lowest BCUT2D eigenvalue weighted by molar-refractivity contribution is 0.0948. The third-order valence-electron chi connectivity index (χ3n) is 2.57. The summed E-state index contributed by atoms with van der Waals surface area (Å²) in [6.07, 6.45) is 0. The van der Waals surface area contributed by atoms with E-state index in [1.165, 1.54) is 12.1 Å². The lowest BCUT2D eigenvalue weighted by Crippen LogP contribution is -2.22. The van der Waals surface area contributed by atoms with Gasteiger partial charge in [-0.15, -0.1) is 0 Å². The lowest BCUT2D eigenvalue weighted by Gasteiger charge is -2.07. The molecule has 0 heterocycles. The van der Waals surface area contributed by atoms with E-state index in [-0.39, 0.29) is 17.1 Å². The number of rotatable bonds is 3. The summed E-state index contributed by atoms with van der Waals surface area (Å²) in [6.45, 7) is 0.360. The second kappa shape index (κ2) is 5.75. The molecule has 0 aliphatic rings. The van der Waals surface area contributed by atoms with Crippen LogP contribution in [0.4, 0.5) is 0 Å². The van der Waals surface area contributed by atoms with Crippen LogP contribution in [0.2, 0.25) is 0 Å². The first-order chi connectivity index (χ1) is 9.06. The van der Waals surface area contributed by atoms with Gasteiger partial charge in [0.15, 0.2) is 0 Å². The van der Waals surface area contributed by atoms with Gasteiger partial charge in [-0.2, -0.15) is 0 Å². The van der Waals surface area contributed by atoms with Crippen molar-refractivity contribution in [3.8, 4) is 11.5 Å². The summed E-state index contributed by atoms with van der Waals surface area (Å²) in [4.78, 5) is 11.9. The minimum absolute atomic E-state index is 0.0824. The van der Waals surface area contributed by atoms with Crippen LogP contribution in [0.3, 0.4) is 0 Å². The molecule has 0 aliphatic heterocycles. The van der Waals surface area contributed by atoms with Crippen LogP contribution in [0.1, 0.15) is 15.9 Å². The van der Waals surface area contributed by atoms with Crippen molar-refractivity contribution in [1.82, 2.24) is 5.32 Å². The fraction of sp³-hybridized carbons (Fsp3) is 0.0714. The Morgan fingerprint density at radius 2 is 1.95 bits per heavy atom. The molecule has 1 amide bonds. The summed E-state index contributed by atoms with van der Waals surface area (Å²) in [5.74, 6) is -0.717. The molecule has 0 radical (unpaired) electrons. The van der Waals surface area contributed by atoms with Crippen LogP contribution in [0, 0.1) is 0 Å². The number of aromatic hydroxyl groups is 2. The van der Waals surface area contributed by atoms with E-state index >= 15 is 0 Å². The smallest absolute Gasteiger partial charge is 0.255 e. The van der Waals surface area contributed by atoms with Gasteiger partial charge in [0.05, 0.1) is 5.56 Å². The van der Waals surface area contributed by atoms with Crippen molar-refractivity contribution < 1.29 is 15.0 Å². The SMILES string of the molecule is O=C(NCc1cccc(Br)c1)c1ccc(O)cc1O. The Hall–Kier alpha value is -2.01. The van der Waals surface area contributed by atoms with Crippen LogP contribution in [0.15, 0.2) is 46.9 Å². The molecule has 19 heavy (non-hydrogen) atoms. The Labute approximate surface area is 118 Å². The molecule has 2 rings (SSSR count). The zero-order valence-electron chi connectivity index (χ0n) is 9.93. The van der Waals surface area contributed by atoms with Crippen molar-refractivity contribution in [3.63, 3.8) is 0 Å². The molecule has 0 saturated heterocycles. The molecule has 0 unspecified atom stereocenters. The Morgan fingerprint density at radius 3 is 2.63 bits per heavy atom. The Morgan fingerprint density at radius 1 is 1.16 bits per heavy atom. The van der Waals surface area contributed by atoms with Crippen LogP contribution in [-0.4, -0.2) is 16.1 Å². The maximum Gasteiger partial charge on any atom is 0.255 e. The maximum atomic E-state index is 11.9. The number of amides is 1. The normalized spacial score (nSPS) is 10.2. The van der Waals surface area contributed by atoms with E-state index in [0.717, 1.165) is 16.1 Å². The molecule has 2 aromatic carbocycles. The Balaban J connectivity index is 2.05. The molecule has 0 aliphatic carbocycles. The molecular formula is C14H12BrNO3. The lowest BCUT2D eigenvalue weighted by atomic mass is 10.1. The van der Waals surface area contributed by atoms with Crippen molar-refractivity contribution in [2.75, 3.05) is 0 Å². The van der Waals surface area contributed by atoms with Gasteiger partial charge < -0.3 is 15.5 Å². The highest BCUT2D eigenvalue weighted by atomic mass is 79.9. The number of benzene rings is 2. The van der Waals surface area contributed by atoms with Crippen molar-refractivity contribution in [2.45, 2.75) is 6.54 Å². The number of carbonyl (C=O) groups excluding carboxylic acids is 1. The average Bonchev–Trinajstić information content (AvgIpc) is 2.36. The van der Waals surface area contributed by atoms with Gasteiger partial charge in [0, 0.05) is 17.1 Å². The second-order valence-corrected chi connectivity index (χ2v) is 4.93. The highest BCUT2D eigenvalue weighted by molar-refractivity contribution is 9.10. The zero-order valence-corrected chi connectivity index (χ0v) is 11.5. The summed E-state index contributed by atoms with van der Waals surface area (Å²) >= 11 is 3.35. The molecule has 2 aromatic rings. The zero-order chi connectivity index (χ0) is 13.8.